The van der Waals surface area contributed by atoms with Gasteiger partial charge in [-0.25, -0.2) is 4.39 Å². The first kappa shape index (κ1) is 22.8. The Labute approximate surface area is 189 Å². The zero-order chi connectivity index (χ0) is 23.4. The summed E-state index contributed by atoms with van der Waals surface area (Å²) >= 11 is 0. The maximum Gasteiger partial charge on any atom is 0.314 e. The SMILES string of the molecule is CCN1CCN(C(=N)N(Cc2ccc(-c3nnc(C(F)F)o3)cc2)c2ccc(F)cc2)CC1. The molecule has 1 aliphatic heterocycles. The standard InChI is InChI=1S/C23H25F3N6O/c1-2-30-11-13-31(14-12-30)23(27)32(19-9-7-18(24)8-10-19)15-16-3-5-17(6-4-16)21-28-29-22(33-21)20(25)26/h3-10,20,27H,2,11-15H2,1H3. The topological polar surface area (TPSA) is 72.5 Å². The number of hydrogen-bond acceptors (Lipinski definition) is 5. The number of nitrogens with one attached hydrogen (secondary N) is 1. The van der Waals surface area contributed by atoms with Gasteiger partial charge < -0.3 is 19.1 Å². The van der Waals surface area contributed by atoms with Crippen molar-refractivity contribution < 1.29 is 17.6 Å². The molecular weight excluding hydrogens is 433 g/mol. The third kappa shape index (κ3) is 5.33. The van der Waals surface area contributed by atoms with Gasteiger partial charge >= 0.3 is 6.43 Å². The number of likely N-dealkylation sites (N-methyl/N-ethyl adjacent to an activating group) is 1. The van der Waals surface area contributed by atoms with Crippen LogP contribution in [0.3, 0.4) is 0 Å². The Balaban J connectivity index is 1.53. The molecule has 0 unspecified atom stereocenters. The molecule has 0 radical (unpaired) electrons. The van der Waals surface area contributed by atoms with Gasteiger partial charge in [-0.1, -0.05) is 19.1 Å². The van der Waals surface area contributed by atoms with Crippen LogP contribution in [-0.4, -0.2) is 58.7 Å². The van der Waals surface area contributed by atoms with Crippen LogP contribution < -0.4 is 4.90 Å². The van der Waals surface area contributed by atoms with Gasteiger partial charge in [0.1, 0.15) is 5.82 Å². The van der Waals surface area contributed by atoms with E-state index in [0.29, 0.717) is 23.8 Å². The molecule has 2 heterocycles. The fraction of sp³-hybridized carbons (Fsp3) is 0.348. The van der Waals surface area contributed by atoms with Crippen molar-refractivity contribution in [2.75, 3.05) is 37.6 Å². The summed E-state index contributed by atoms with van der Waals surface area (Å²) in [4.78, 5) is 6.19. The molecule has 33 heavy (non-hydrogen) atoms. The molecule has 1 saturated heterocycles. The Hall–Kier alpha value is -3.40. The van der Waals surface area contributed by atoms with Gasteiger partial charge in [0.15, 0.2) is 5.96 Å². The van der Waals surface area contributed by atoms with Crippen molar-refractivity contribution in [1.29, 1.82) is 5.41 Å². The molecule has 4 rings (SSSR count). The summed E-state index contributed by atoms with van der Waals surface area (Å²) in [6, 6.07) is 13.1. The molecule has 10 heteroatoms. The van der Waals surface area contributed by atoms with Crippen molar-refractivity contribution in [3.63, 3.8) is 0 Å². The zero-order valence-corrected chi connectivity index (χ0v) is 18.2. The number of halogens is 3. The third-order valence-corrected chi connectivity index (χ3v) is 5.68. The Kier molecular flexibility index (Phi) is 6.93. The van der Waals surface area contributed by atoms with Crippen LogP contribution >= 0.6 is 0 Å². The smallest absolute Gasteiger partial charge is 0.314 e. The molecule has 1 aromatic heterocycles. The summed E-state index contributed by atoms with van der Waals surface area (Å²) in [5.41, 5.74) is 2.12. The Morgan fingerprint density at radius 3 is 2.27 bits per heavy atom. The fourth-order valence-electron chi connectivity index (χ4n) is 3.73. The lowest BCUT2D eigenvalue weighted by molar-refractivity contribution is 0.116. The summed E-state index contributed by atoms with van der Waals surface area (Å²) in [6.07, 6.45) is -2.82. The molecule has 0 saturated carbocycles. The summed E-state index contributed by atoms with van der Waals surface area (Å²) in [6.45, 7) is 6.74. The highest BCUT2D eigenvalue weighted by atomic mass is 19.3. The maximum atomic E-state index is 13.5. The van der Waals surface area contributed by atoms with E-state index in [4.69, 9.17) is 9.83 Å². The van der Waals surface area contributed by atoms with E-state index >= 15 is 0 Å². The highest BCUT2D eigenvalue weighted by molar-refractivity contribution is 5.93. The van der Waals surface area contributed by atoms with Gasteiger partial charge in [-0.05, 0) is 48.5 Å². The van der Waals surface area contributed by atoms with E-state index in [9.17, 15) is 13.2 Å². The van der Waals surface area contributed by atoms with Crippen LogP contribution in [0.15, 0.2) is 52.9 Å². The van der Waals surface area contributed by atoms with E-state index in [1.807, 2.05) is 21.9 Å². The molecule has 3 aromatic rings. The minimum absolute atomic E-state index is 0.0220. The molecule has 1 aliphatic rings. The van der Waals surface area contributed by atoms with E-state index in [2.05, 4.69) is 22.0 Å². The van der Waals surface area contributed by atoms with Crippen molar-refractivity contribution in [2.45, 2.75) is 19.9 Å². The van der Waals surface area contributed by atoms with Crippen LogP contribution in [0, 0.1) is 11.2 Å². The lowest BCUT2D eigenvalue weighted by Crippen LogP contribution is -2.53. The summed E-state index contributed by atoms with van der Waals surface area (Å²) < 4.78 is 43.9. The largest absolute Gasteiger partial charge is 0.415 e. The van der Waals surface area contributed by atoms with Gasteiger partial charge in [0.2, 0.25) is 5.89 Å². The van der Waals surface area contributed by atoms with Crippen LogP contribution in [0.4, 0.5) is 18.9 Å². The third-order valence-electron chi connectivity index (χ3n) is 5.68. The Morgan fingerprint density at radius 2 is 1.70 bits per heavy atom. The molecule has 1 N–H and O–H groups in total. The summed E-state index contributed by atoms with van der Waals surface area (Å²) in [5, 5.41) is 15.9. The first-order valence-corrected chi connectivity index (χ1v) is 10.7. The van der Waals surface area contributed by atoms with E-state index in [1.54, 1.807) is 24.3 Å². The molecule has 0 atom stereocenters. The van der Waals surface area contributed by atoms with Gasteiger partial charge in [-0.3, -0.25) is 5.41 Å². The number of rotatable bonds is 6. The predicted octanol–water partition coefficient (Wildman–Crippen LogP) is 4.39. The van der Waals surface area contributed by atoms with Crippen molar-refractivity contribution in [2.24, 2.45) is 0 Å². The molecular formula is C23H25F3N6O. The second-order valence-electron chi connectivity index (χ2n) is 7.75. The van der Waals surface area contributed by atoms with Gasteiger partial charge in [-0.2, -0.15) is 8.78 Å². The Bertz CT molecular complexity index is 1060. The number of hydrogen-bond donors (Lipinski definition) is 1. The van der Waals surface area contributed by atoms with Gasteiger partial charge in [0, 0.05) is 37.4 Å². The molecule has 2 aromatic carbocycles. The number of anilines is 1. The summed E-state index contributed by atoms with van der Waals surface area (Å²) in [7, 11) is 0. The van der Waals surface area contributed by atoms with Crippen molar-refractivity contribution >= 4 is 11.6 Å². The monoisotopic (exact) mass is 458 g/mol. The molecule has 0 aliphatic carbocycles. The van der Waals surface area contributed by atoms with Crippen LogP contribution in [0.1, 0.15) is 24.8 Å². The molecule has 0 amide bonds. The minimum atomic E-state index is -2.82. The lowest BCUT2D eigenvalue weighted by Gasteiger charge is -2.39. The average molecular weight is 458 g/mol. The van der Waals surface area contributed by atoms with Gasteiger partial charge in [0.25, 0.3) is 5.89 Å². The van der Waals surface area contributed by atoms with Crippen LogP contribution in [0.2, 0.25) is 0 Å². The number of benzene rings is 2. The normalized spacial score (nSPS) is 14.6. The Morgan fingerprint density at radius 1 is 1.03 bits per heavy atom. The fourth-order valence-corrected chi connectivity index (χ4v) is 3.73. The van der Waals surface area contributed by atoms with Crippen molar-refractivity contribution in [3.05, 3.63) is 65.8 Å². The first-order valence-electron chi connectivity index (χ1n) is 10.7. The first-order chi connectivity index (χ1) is 15.9. The zero-order valence-electron chi connectivity index (χ0n) is 18.2. The van der Waals surface area contributed by atoms with Gasteiger partial charge in [-0.15, -0.1) is 10.2 Å². The minimum Gasteiger partial charge on any atom is -0.415 e. The predicted molar refractivity (Wildman–Crippen MR) is 119 cm³/mol. The molecule has 1 fully saturated rings. The number of guanidine groups is 1. The van der Waals surface area contributed by atoms with Crippen molar-refractivity contribution in [3.8, 4) is 11.5 Å². The van der Waals surface area contributed by atoms with Crippen LogP contribution in [0.25, 0.3) is 11.5 Å². The molecule has 0 spiro atoms. The van der Waals surface area contributed by atoms with Crippen LogP contribution in [-0.2, 0) is 6.54 Å². The van der Waals surface area contributed by atoms with E-state index in [1.165, 1.54) is 12.1 Å². The summed E-state index contributed by atoms with van der Waals surface area (Å²) in [5.74, 6) is -0.684. The lowest BCUT2D eigenvalue weighted by atomic mass is 10.1. The van der Waals surface area contributed by atoms with E-state index in [-0.39, 0.29) is 11.7 Å². The number of alkyl halides is 2. The molecule has 0 bridgehead atoms. The second-order valence-corrected chi connectivity index (χ2v) is 7.75. The highest BCUT2D eigenvalue weighted by Gasteiger charge is 2.23. The molecule has 174 valence electrons. The number of aromatic nitrogens is 2. The molecule has 7 nitrogen and oxygen atoms in total. The number of nitrogens with zero attached hydrogens (tertiary/aromatic N) is 5. The maximum absolute atomic E-state index is 13.5. The van der Waals surface area contributed by atoms with Gasteiger partial charge in [0.05, 0.1) is 6.54 Å². The average Bonchev–Trinajstić information content (AvgIpc) is 3.34. The van der Waals surface area contributed by atoms with E-state index < -0.39 is 12.3 Å². The highest BCUT2D eigenvalue weighted by Crippen LogP contribution is 2.25. The second kappa shape index (κ2) is 10.0. The quantitative estimate of drug-likeness (QED) is 0.436. The van der Waals surface area contributed by atoms with Crippen LogP contribution in [0.5, 0.6) is 0 Å². The van der Waals surface area contributed by atoms with Crippen molar-refractivity contribution in [1.82, 2.24) is 20.0 Å². The number of piperazine rings is 1. The van der Waals surface area contributed by atoms with E-state index in [0.717, 1.165) is 38.3 Å².